The lowest BCUT2D eigenvalue weighted by Crippen LogP contribution is -2.49. The highest BCUT2D eigenvalue weighted by Gasteiger charge is 2.30. The Balaban J connectivity index is 0. The number of hydrogen-bond donors (Lipinski definition) is 3. The van der Waals surface area contributed by atoms with E-state index in [0.717, 1.165) is 49.9 Å². The first-order valence-corrected chi connectivity index (χ1v) is 17.3. The lowest BCUT2D eigenvalue weighted by molar-refractivity contribution is -0.123. The van der Waals surface area contributed by atoms with E-state index < -0.39 is 22.0 Å². The highest BCUT2D eigenvalue weighted by atomic mass is 32.2. The van der Waals surface area contributed by atoms with Crippen molar-refractivity contribution in [1.82, 2.24) is 24.9 Å². The Morgan fingerprint density at radius 1 is 1.19 bits per heavy atom. The Labute approximate surface area is 262 Å². The second-order valence-corrected chi connectivity index (χ2v) is 12.3. The highest BCUT2D eigenvalue weighted by molar-refractivity contribution is 7.89. The number of rotatable bonds is 12. The van der Waals surface area contributed by atoms with Crippen molar-refractivity contribution in [2.75, 3.05) is 12.3 Å². The number of nitrogens with one attached hydrogen (secondary N) is 3. The van der Waals surface area contributed by atoms with Crippen LogP contribution in [0.4, 0.5) is 4.39 Å². The second-order valence-electron chi connectivity index (χ2n) is 10.5. The van der Waals surface area contributed by atoms with Crippen LogP contribution in [0.15, 0.2) is 49.8 Å². The SMILES string of the molecule is C=C.C=C(C[C@H](NS(=O)(=O)CCC1CC1)C(=O)NCc1ncc(-c2ccc(C)cc2F)[nH]1)N1CCCC[C@@H]1C.CC.CC.[HH].[HH]. The lowest BCUT2D eigenvalue weighted by Gasteiger charge is -2.37. The van der Waals surface area contributed by atoms with Crippen LogP contribution < -0.4 is 10.0 Å². The Morgan fingerprint density at radius 3 is 2.47 bits per heavy atom. The number of piperidine rings is 1. The number of benzene rings is 1. The van der Waals surface area contributed by atoms with Gasteiger partial charge in [-0.1, -0.05) is 53.2 Å². The molecule has 1 aromatic heterocycles. The minimum atomic E-state index is -3.63. The number of nitrogens with zero attached hydrogens (tertiary/aromatic N) is 2. The van der Waals surface area contributed by atoms with E-state index in [0.29, 0.717) is 35.5 Å². The molecule has 0 radical (unpaired) electrons. The summed E-state index contributed by atoms with van der Waals surface area (Å²) >= 11 is 0. The van der Waals surface area contributed by atoms with Gasteiger partial charge < -0.3 is 15.2 Å². The maximum atomic E-state index is 14.3. The molecule has 1 saturated heterocycles. The van der Waals surface area contributed by atoms with Crippen LogP contribution >= 0.6 is 0 Å². The molecule has 10 heteroatoms. The largest absolute Gasteiger partial charge is 0.373 e. The van der Waals surface area contributed by atoms with Gasteiger partial charge >= 0.3 is 0 Å². The van der Waals surface area contributed by atoms with E-state index in [1.807, 2.05) is 40.7 Å². The summed E-state index contributed by atoms with van der Waals surface area (Å²) in [5, 5.41) is 2.79. The van der Waals surface area contributed by atoms with Crippen molar-refractivity contribution in [3.05, 3.63) is 67.0 Å². The van der Waals surface area contributed by atoms with Crippen molar-refractivity contribution < 1.29 is 20.5 Å². The zero-order valence-electron chi connectivity index (χ0n) is 27.1. The molecule has 1 saturated carbocycles. The lowest BCUT2D eigenvalue weighted by atomic mass is 10.0. The van der Waals surface area contributed by atoms with Gasteiger partial charge in [-0.15, -0.1) is 13.2 Å². The van der Waals surface area contributed by atoms with Crippen molar-refractivity contribution in [3.8, 4) is 11.3 Å². The number of aromatic nitrogens is 2. The number of amides is 1. The molecular weight excluding hydrogens is 565 g/mol. The molecule has 43 heavy (non-hydrogen) atoms. The van der Waals surface area contributed by atoms with Gasteiger partial charge in [-0.2, -0.15) is 0 Å². The third-order valence-corrected chi connectivity index (χ3v) is 8.67. The molecule has 0 unspecified atom stereocenters. The van der Waals surface area contributed by atoms with Crippen LogP contribution in [0.5, 0.6) is 0 Å². The van der Waals surface area contributed by atoms with E-state index in [2.05, 4.69) is 51.6 Å². The van der Waals surface area contributed by atoms with Crippen molar-refractivity contribution in [2.24, 2.45) is 5.92 Å². The number of likely N-dealkylation sites (tertiary alicyclic amines) is 1. The fourth-order valence-corrected chi connectivity index (χ4v) is 6.22. The van der Waals surface area contributed by atoms with Gasteiger partial charge in [0.1, 0.15) is 17.7 Å². The van der Waals surface area contributed by atoms with Crippen LogP contribution in [-0.4, -0.2) is 53.6 Å². The molecule has 0 bridgehead atoms. The molecular formula is C33H58FN5O3S. The molecule has 1 aromatic carbocycles. The van der Waals surface area contributed by atoms with Crippen molar-refractivity contribution in [3.63, 3.8) is 0 Å². The van der Waals surface area contributed by atoms with Gasteiger partial charge in [-0.25, -0.2) is 22.5 Å². The normalized spacial score (nSPS) is 16.7. The molecule has 3 N–H and O–H groups in total. The van der Waals surface area contributed by atoms with Gasteiger partial charge in [0.15, 0.2) is 0 Å². The van der Waals surface area contributed by atoms with Crippen LogP contribution in [0.1, 0.15) is 93.8 Å². The van der Waals surface area contributed by atoms with Crippen molar-refractivity contribution in [2.45, 2.75) is 105 Å². The minimum Gasteiger partial charge on any atom is -0.373 e. The number of sulfonamides is 1. The number of hydrogen-bond acceptors (Lipinski definition) is 5. The smallest absolute Gasteiger partial charge is 0.238 e. The van der Waals surface area contributed by atoms with Gasteiger partial charge in [0.05, 0.1) is 24.2 Å². The molecule has 246 valence electrons. The molecule has 2 aliphatic rings. The summed E-state index contributed by atoms with van der Waals surface area (Å²) in [6.07, 6.45) is 7.71. The third-order valence-electron chi connectivity index (χ3n) is 7.25. The average molecular weight is 624 g/mol. The summed E-state index contributed by atoms with van der Waals surface area (Å²) in [4.78, 5) is 22.7. The van der Waals surface area contributed by atoms with Gasteiger partial charge in [-0.3, -0.25) is 4.79 Å². The zero-order valence-corrected chi connectivity index (χ0v) is 28.0. The van der Waals surface area contributed by atoms with Crippen LogP contribution in [0.25, 0.3) is 11.3 Å². The van der Waals surface area contributed by atoms with Gasteiger partial charge in [0, 0.05) is 33.1 Å². The number of carbonyl (C=O) groups excluding carboxylic acids is 1. The van der Waals surface area contributed by atoms with E-state index in [1.165, 1.54) is 12.3 Å². The molecule has 4 rings (SSSR count). The highest BCUT2D eigenvalue weighted by Crippen LogP contribution is 2.32. The maximum absolute atomic E-state index is 14.3. The third kappa shape index (κ3) is 12.6. The summed E-state index contributed by atoms with van der Waals surface area (Å²) in [6.45, 7) is 23.0. The Hall–Kier alpha value is -2.98. The topological polar surface area (TPSA) is 107 Å². The van der Waals surface area contributed by atoms with Crippen LogP contribution in [-0.2, 0) is 21.4 Å². The first kappa shape index (κ1) is 38.0. The zero-order chi connectivity index (χ0) is 32.6. The number of imidazole rings is 1. The van der Waals surface area contributed by atoms with Crippen molar-refractivity contribution in [1.29, 1.82) is 0 Å². The predicted molar refractivity (Wildman–Crippen MR) is 181 cm³/mol. The van der Waals surface area contributed by atoms with Crippen LogP contribution in [0.2, 0.25) is 0 Å². The Morgan fingerprint density at radius 2 is 1.86 bits per heavy atom. The number of aromatic amines is 1. The van der Waals surface area contributed by atoms with E-state index in [4.69, 9.17) is 0 Å². The molecule has 2 heterocycles. The molecule has 1 aliphatic heterocycles. The maximum Gasteiger partial charge on any atom is 0.238 e. The van der Waals surface area contributed by atoms with E-state index in [1.54, 1.807) is 6.07 Å². The standard InChI is InChI=1S/C27H38FN5O3S.2C2H6.C2H4.2H2/c1-18-7-10-22(23(28)14-18)25-16-29-26(31-25)17-30-27(34)24(32-37(35,36)13-11-21-8-9-21)15-20(3)33-12-5-4-6-19(33)2;3*1-2;;/h7,10,14,16,19,21,24,32H,3-6,8-9,11-13,15,17H2,1-2H3,(H,29,31)(H,30,34);2*1-2H3;1-2H2;2*1H/t19-,24-;;;;;/m0...../s1. The average Bonchev–Trinajstić information content (AvgIpc) is 3.73. The Kier molecular flexibility index (Phi) is 17.1. The number of halogens is 1. The van der Waals surface area contributed by atoms with Crippen molar-refractivity contribution >= 4 is 15.9 Å². The minimum absolute atomic E-state index is 0. The second kappa shape index (κ2) is 19.3. The number of H-pyrrole nitrogens is 1. The molecule has 0 spiro atoms. The van der Waals surface area contributed by atoms with E-state index in [-0.39, 0.29) is 27.4 Å². The van der Waals surface area contributed by atoms with Crippen LogP contribution in [0, 0.1) is 18.7 Å². The fraction of sp³-hybridized carbons (Fsp3) is 0.576. The summed E-state index contributed by atoms with van der Waals surface area (Å²) < 4.78 is 42.6. The molecule has 2 aromatic rings. The quantitative estimate of drug-likeness (QED) is 0.214. The molecule has 2 atom stereocenters. The van der Waals surface area contributed by atoms with Gasteiger partial charge in [0.2, 0.25) is 15.9 Å². The fourth-order valence-electron chi connectivity index (χ4n) is 4.83. The van der Waals surface area contributed by atoms with E-state index in [9.17, 15) is 17.6 Å². The molecule has 1 aliphatic carbocycles. The molecule has 1 amide bonds. The van der Waals surface area contributed by atoms with Gasteiger partial charge in [-0.05, 0) is 63.1 Å². The molecule has 8 nitrogen and oxygen atoms in total. The monoisotopic (exact) mass is 623 g/mol. The predicted octanol–water partition coefficient (Wildman–Crippen LogP) is 7.35. The summed E-state index contributed by atoms with van der Waals surface area (Å²) in [7, 11) is -3.63. The first-order valence-electron chi connectivity index (χ1n) is 15.6. The summed E-state index contributed by atoms with van der Waals surface area (Å²) in [5.74, 6) is 0.129. The van der Waals surface area contributed by atoms with Crippen LogP contribution in [0.3, 0.4) is 0 Å². The van der Waals surface area contributed by atoms with E-state index >= 15 is 0 Å². The number of aryl methyl sites for hydroxylation is 1. The Bertz CT molecular complexity index is 1250. The molecule has 2 fully saturated rings. The summed E-state index contributed by atoms with van der Waals surface area (Å²) in [5.41, 5.74) is 2.47. The number of carbonyl (C=O) groups is 1. The van der Waals surface area contributed by atoms with Gasteiger partial charge in [0.25, 0.3) is 0 Å². The first-order chi connectivity index (χ1) is 20.6. The summed E-state index contributed by atoms with van der Waals surface area (Å²) in [6, 6.07) is 4.28.